The summed E-state index contributed by atoms with van der Waals surface area (Å²) in [5.41, 5.74) is 1.30. The van der Waals surface area contributed by atoms with E-state index in [-0.39, 0.29) is 18.7 Å². The fourth-order valence-corrected chi connectivity index (χ4v) is 4.72. The Morgan fingerprint density at radius 2 is 1.91 bits per heavy atom. The van der Waals surface area contributed by atoms with E-state index in [0.29, 0.717) is 58.2 Å². The van der Waals surface area contributed by atoms with Gasteiger partial charge in [0.2, 0.25) is 17.8 Å². The lowest BCUT2D eigenvalue weighted by molar-refractivity contribution is -0.119. The Labute approximate surface area is 205 Å². The standard InChI is InChI=1S/C23H23N5O6S/c1-31-14-6-7-15(18(11-14)32-2)24-23(30)28-9-3-4-16(28)20(29)25-22-27-26-21(35-22)13-5-8-17-19(10-13)34-12-33-17/h5-8,10-11,16H,3-4,9,12H2,1-2H3,(H,24,30)(H,25,27,29)/t16-/m0/s1. The number of methoxy groups -OCH3 is 2. The fraction of sp³-hybridized carbons (Fsp3) is 0.304. The summed E-state index contributed by atoms with van der Waals surface area (Å²) in [7, 11) is 3.06. The van der Waals surface area contributed by atoms with E-state index in [1.165, 1.54) is 23.3 Å². The summed E-state index contributed by atoms with van der Waals surface area (Å²) in [5.74, 6) is 2.08. The monoisotopic (exact) mass is 497 g/mol. The van der Waals surface area contributed by atoms with Crippen molar-refractivity contribution in [3.05, 3.63) is 36.4 Å². The summed E-state index contributed by atoms with van der Waals surface area (Å²) >= 11 is 1.24. The highest BCUT2D eigenvalue weighted by Gasteiger charge is 2.35. The topological polar surface area (TPSA) is 124 Å². The van der Waals surface area contributed by atoms with Crippen LogP contribution < -0.4 is 29.6 Å². The number of carbonyl (C=O) groups excluding carboxylic acids is 2. The van der Waals surface area contributed by atoms with Gasteiger partial charge in [-0.1, -0.05) is 11.3 Å². The van der Waals surface area contributed by atoms with Crippen LogP contribution in [-0.2, 0) is 4.79 Å². The molecule has 5 rings (SSSR count). The van der Waals surface area contributed by atoms with Gasteiger partial charge in [-0.25, -0.2) is 4.79 Å². The number of likely N-dealkylation sites (tertiary alicyclic amines) is 1. The second-order valence-corrected chi connectivity index (χ2v) is 8.79. The predicted molar refractivity (Wildman–Crippen MR) is 128 cm³/mol. The van der Waals surface area contributed by atoms with Crippen molar-refractivity contribution in [3.63, 3.8) is 0 Å². The van der Waals surface area contributed by atoms with Crippen LogP contribution in [0.2, 0.25) is 0 Å². The van der Waals surface area contributed by atoms with Crippen molar-refractivity contribution in [2.75, 3.05) is 38.2 Å². The zero-order chi connectivity index (χ0) is 24.4. The highest BCUT2D eigenvalue weighted by Crippen LogP contribution is 2.37. The fourth-order valence-electron chi connectivity index (χ4n) is 3.98. The minimum atomic E-state index is -0.628. The Morgan fingerprint density at radius 3 is 2.74 bits per heavy atom. The van der Waals surface area contributed by atoms with Gasteiger partial charge in [0.1, 0.15) is 22.5 Å². The van der Waals surface area contributed by atoms with Crippen LogP contribution >= 0.6 is 11.3 Å². The molecule has 0 saturated carbocycles. The molecule has 2 aromatic carbocycles. The van der Waals surface area contributed by atoms with Gasteiger partial charge in [-0.15, -0.1) is 10.2 Å². The van der Waals surface area contributed by atoms with Crippen LogP contribution in [0.15, 0.2) is 36.4 Å². The third-order valence-corrected chi connectivity index (χ3v) is 6.63. The lowest BCUT2D eigenvalue weighted by atomic mass is 10.2. The van der Waals surface area contributed by atoms with Crippen LogP contribution in [0.4, 0.5) is 15.6 Å². The number of nitrogens with zero attached hydrogens (tertiary/aromatic N) is 3. The molecule has 35 heavy (non-hydrogen) atoms. The van der Waals surface area contributed by atoms with Gasteiger partial charge in [0, 0.05) is 18.2 Å². The lowest BCUT2D eigenvalue weighted by Gasteiger charge is -2.24. The quantitative estimate of drug-likeness (QED) is 0.530. The summed E-state index contributed by atoms with van der Waals surface area (Å²) in [6.45, 7) is 0.647. The number of nitrogens with one attached hydrogen (secondary N) is 2. The van der Waals surface area contributed by atoms with Crippen LogP contribution in [-0.4, -0.2) is 60.6 Å². The molecule has 3 amide bonds. The molecule has 1 fully saturated rings. The number of urea groups is 1. The Hall–Kier alpha value is -4.06. The number of benzene rings is 2. The first-order chi connectivity index (χ1) is 17.1. The first-order valence-corrected chi connectivity index (χ1v) is 11.7. The van der Waals surface area contributed by atoms with Gasteiger partial charge < -0.3 is 29.2 Å². The molecule has 0 aliphatic carbocycles. The highest BCUT2D eigenvalue weighted by molar-refractivity contribution is 7.18. The van der Waals surface area contributed by atoms with Gasteiger partial charge >= 0.3 is 6.03 Å². The van der Waals surface area contributed by atoms with Crippen molar-refractivity contribution in [1.29, 1.82) is 0 Å². The maximum absolute atomic E-state index is 13.0. The SMILES string of the molecule is COc1ccc(NC(=O)N2CCC[C@H]2C(=O)Nc2nnc(-c3ccc4c(c3)OCO4)s2)c(OC)c1. The molecule has 3 heterocycles. The molecule has 0 radical (unpaired) electrons. The average molecular weight is 498 g/mol. The van der Waals surface area contributed by atoms with E-state index in [1.807, 2.05) is 18.2 Å². The summed E-state index contributed by atoms with van der Waals surface area (Å²) in [4.78, 5) is 27.5. The molecule has 2 N–H and O–H groups in total. The van der Waals surface area contributed by atoms with E-state index in [4.69, 9.17) is 18.9 Å². The minimum Gasteiger partial charge on any atom is -0.497 e. The molecule has 182 valence electrons. The number of amides is 3. The van der Waals surface area contributed by atoms with E-state index in [2.05, 4.69) is 20.8 Å². The zero-order valence-electron chi connectivity index (χ0n) is 19.1. The first kappa shape index (κ1) is 22.7. The first-order valence-electron chi connectivity index (χ1n) is 10.9. The number of carbonyl (C=O) groups is 2. The molecule has 2 aliphatic rings. The van der Waals surface area contributed by atoms with Crippen molar-refractivity contribution in [3.8, 4) is 33.6 Å². The Morgan fingerprint density at radius 1 is 1.06 bits per heavy atom. The van der Waals surface area contributed by atoms with Gasteiger partial charge in [-0.3, -0.25) is 10.1 Å². The third-order valence-electron chi connectivity index (χ3n) is 5.74. The summed E-state index contributed by atoms with van der Waals surface area (Å²) < 4.78 is 21.3. The third kappa shape index (κ3) is 4.64. The number of rotatable bonds is 6. The largest absolute Gasteiger partial charge is 0.497 e. The smallest absolute Gasteiger partial charge is 0.322 e. The lowest BCUT2D eigenvalue weighted by Crippen LogP contribution is -2.45. The predicted octanol–water partition coefficient (Wildman–Crippen LogP) is 3.59. The molecule has 0 spiro atoms. The molecule has 1 saturated heterocycles. The Balaban J connectivity index is 1.25. The van der Waals surface area contributed by atoms with Crippen molar-refractivity contribution >= 4 is 34.1 Å². The van der Waals surface area contributed by atoms with Crippen molar-refractivity contribution < 1.29 is 28.5 Å². The van der Waals surface area contributed by atoms with Crippen molar-refractivity contribution in [2.24, 2.45) is 0 Å². The van der Waals surface area contributed by atoms with Gasteiger partial charge in [-0.05, 0) is 43.2 Å². The maximum Gasteiger partial charge on any atom is 0.322 e. The molecular weight excluding hydrogens is 474 g/mol. The zero-order valence-corrected chi connectivity index (χ0v) is 19.9. The molecule has 11 nitrogen and oxygen atoms in total. The van der Waals surface area contributed by atoms with E-state index in [0.717, 1.165) is 5.56 Å². The number of anilines is 2. The summed E-state index contributed by atoms with van der Waals surface area (Å²) in [5, 5.41) is 14.9. The molecule has 0 bridgehead atoms. The van der Waals surface area contributed by atoms with Gasteiger partial charge in [0.25, 0.3) is 0 Å². The second-order valence-electron chi connectivity index (χ2n) is 7.82. The molecule has 3 aromatic rings. The number of hydrogen-bond acceptors (Lipinski definition) is 9. The van der Waals surface area contributed by atoms with Crippen molar-refractivity contribution in [1.82, 2.24) is 15.1 Å². The van der Waals surface area contributed by atoms with Gasteiger partial charge in [0.05, 0.1) is 19.9 Å². The van der Waals surface area contributed by atoms with Crippen LogP contribution in [0.1, 0.15) is 12.8 Å². The van der Waals surface area contributed by atoms with Gasteiger partial charge in [0.15, 0.2) is 11.5 Å². The highest BCUT2D eigenvalue weighted by atomic mass is 32.1. The number of aromatic nitrogens is 2. The van der Waals surface area contributed by atoms with E-state index >= 15 is 0 Å². The summed E-state index contributed by atoms with van der Waals surface area (Å²) in [6, 6.07) is 9.57. The molecule has 0 unspecified atom stereocenters. The Kier molecular flexibility index (Phi) is 6.27. The van der Waals surface area contributed by atoms with Gasteiger partial charge in [-0.2, -0.15) is 0 Å². The van der Waals surface area contributed by atoms with Crippen LogP contribution in [0.5, 0.6) is 23.0 Å². The Bertz CT molecular complexity index is 1260. The normalized spacial score (nSPS) is 16.2. The van der Waals surface area contributed by atoms with E-state index < -0.39 is 6.04 Å². The molecule has 12 heteroatoms. The number of ether oxygens (including phenoxy) is 4. The molecule has 1 aromatic heterocycles. The van der Waals surface area contributed by atoms with Crippen molar-refractivity contribution in [2.45, 2.75) is 18.9 Å². The molecular formula is C23H23N5O6S. The minimum absolute atomic E-state index is 0.187. The second kappa shape index (κ2) is 9.66. The summed E-state index contributed by atoms with van der Waals surface area (Å²) in [6.07, 6.45) is 1.26. The van der Waals surface area contributed by atoms with Crippen LogP contribution in [0.25, 0.3) is 10.6 Å². The average Bonchev–Trinajstić information content (AvgIpc) is 3.64. The van der Waals surface area contributed by atoms with Crippen LogP contribution in [0.3, 0.4) is 0 Å². The van der Waals surface area contributed by atoms with E-state index in [1.54, 1.807) is 25.3 Å². The van der Waals surface area contributed by atoms with Crippen LogP contribution in [0, 0.1) is 0 Å². The number of fused-ring (bicyclic) bond motifs is 1. The maximum atomic E-state index is 13.0. The molecule has 2 aliphatic heterocycles. The van der Waals surface area contributed by atoms with E-state index in [9.17, 15) is 9.59 Å². The molecule has 1 atom stereocenters. The number of hydrogen-bond donors (Lipinski definition) is 2.